The molecule has 1 saturated carbocycles. The fraction of sp³-hybridized carbons (Fsp3) is 0.476. The first-order valence-corrected chi connectivity index (χ1v) is 13.2. The lowest BCUT2D eigenvalue weighted by Crippen LogP contribution is -2.27. The molecule has 160 valence electrons. The van der Waals surface area contributed by atoms with E-state index < -0.39 is 0 Å². The number of thioether (sulfide) groups is 1. The van der Waals surface area contributed by atoms with Crippen LogP contribution in [0.3, 0.4) is 0 Å². The van der Waals surface area contributed by atoms with Crippen molar-refractivity contribution in [2.24, 2.45) is 0 Å². The maximum absolute atomic E-state index is 12.7. The molecule has 3 aromatic heterocycles. The summed E-state index contributed by atoms with van der Waals surface area (Å²) in [6.07, 6.45) is 6.92. The van der Waals surface area contributed by atoms with E-state index in [2.05, 4.69) is 32.3 Å². The van der Waals surface area contributed by atoms with Crippen molar-refractivity contribution in [1.82, 2.24) is 19.7 Å². The van der Waals surface area contributed by atoms with Crippen LogP contribution in [0.5, 0.6) is 0 Å². The third kappa shape index (κ3) is 5.46. The summed E-state index contributed by atoms with van der Waals surface area (Å²) in [5.74, 6) is 1.46. The van der Waals surface area contributed by atoms with Gasteiger partial charge in [0.25, 0.3) is 0 Å². The second kappa shape index (κ2) is 10.3. The van der Waals surface area contributed by atoms with Crippen molar-refractivity contribution in [3.05, 3.63) is 49.6 Å². The second-order valence-corrected chi connectivity index (χ2v) is 11.3. The molecule has 0 saturated heterocycles. The number of aromatic nitrogens is 3. The van der Waals surface area contributed by atoms with Crippen molar-refractivity contribution in [3.63, 3.8) is 0 Å². The molecule has 0 radical (unpaired) electrons. The van der Waals surface area contributed by atoms with Gasteiger partial charge in [-0.05, 0) is 36.4 Å². The van der Waals surface area contributed by atoms with Gasteiger partial charge in [0.15, 0.2) is 5.16 Å². The fourth-order valence-corrected chi connectivity index (χ4v) is 6.60. The predicted molar refractivity (Wildman–Crippen MR) is 126 cm³/mol. The van der Waals surface area contributed by atoms with E-state index in [-0.39, 0.29) is 5.91 Å². The molecule has 0 spiro atoms. The van der Waals surface area contributed by atoms with E-state index in [9.17, 15) is 4.79 Å². The molecule has 1 aliphatic carbocycles. The van der Waals surface area contributed by atoms with E-state index >= 15 is 0 Å². The molecule has 1 fully saturated rings. The highest BCUT2D eigenvalue weighted by Crippen LogP contribution is 2.33. The molecule has 3 aromatic rings. The summed E-state index contributed by atoms with van der Waals surface area (Å²) in [7, 11) is 1.84. The smallest absolute Gasteiger partial charge is 0.233 e. The van der Waals surface area contributed by atoms with Gasteiger partial charge in [-0.2, -0.15) is 0 Å². The summed E-state index contributed by atoms with van der Waals surface area (Å²) < 4.78 is 3.06. The predicted octanol–water partition coefficient (Wildman–Crippen LogP) is 5.90. The van der Waals surface area contributed by atoms with E-state index in [1.54, 1.807) is 16.2 Å². The Labute approximate surface area is 194 Å². The van der Waals surface area contributed by atoms with Crippen LogP contribution >= 0.6 is 46.0 Å². The number of carbonyl (C=O) groups excluding carboxylic acids is 1. The van der Waals surface area contributed by atoms with Crippen molar-refractivity contribution in [1.29, 1.82) is 0 Å². The zero-order valence-corrected chi connectivity index (χ0v) is 20.1. The number of carbonyl (C=O) groups is 1. The van der Waals surface area contributed by atoms with Crippen LogP contribution < -0.4 is 0 Å². The van der Waals surface area contributed by atoms with E-state index in [0.29, 0.717) is 18.3 Å². The summed E-state index contributed by atoms with van der Waals surface area (Å²) in [6, 6.07) is 8.50. The molecule has 1 aliphatic rings. The van der Waals surface area contributed by atoms with Crippen molar-refractivity contribution < 1.29 is 4.79 Å². The first-order chi connectivity index (χ1) is 14.6. The van der Waals surface area contributed by atoms with Gasteiger partial charge < -0.3 is 9.47 Å². The highest BCUT2D eigenvalue weighted by Gasteiger charge is 2.24. The third-order valence-electron chi connectivity index (χ3n) is 5.36. The van der Waals surface area contributed by atoms with E-state index in [1.165, 1.54) is 47.2 Å². The molecule has 3 heterocycles. The normalized spacial score (nSPS) is 14.9. The van der Waals surface area contributed by atoms with Gasteiger partial charge in [-0.15, -0.1) is 32.9 Å². The van der Waals surface area contributed by atoms with E-state index in [4.69, 9.17) is 11.6 Å². The minimum absolute atomic E-state index is 0.0857. The van der Waals surface area contributed by atoms with Crippen LogP contribution in [0.2, 0.25) is 4.34 Å². The fourth-order valence-electron chi connectivity index (χ4n) is 3.80. The number of halogens is 1. The van der Waals surface area contributed by atoms with Crippen molar-refractivity contribution in [2.45, 2.75) is 56.3 Å². The van der Waals surface area contributed by atoms with Crippen molar-refractivity contribution in [3.8, 4) is 0 Å². The molecule has 1 amide bonds. The highest BCUT2D eigenvalue weighted by molar-refractivity contribution is 7.99. The molecule has 0 atom stereocenters. The lowest BCUT2D eigenvalue weighted by Gasteiger charge is -2.25. The zero-order chi connectivity index (χ0) is 20.9. The standard InChI is InChI=1S/C21H25ClN4OS3/c1-25(13-17-9-10-18(22)30-17)20(27)14-29-21-24-23-19(12-16-8-5-11-28-16)26(21)15-6-3-2-4-7-15/h5,8-11,15H,2-4,6-7,12-14H2,1H3. The summed E-state index contributed by atoms with van der Waals surface area (Å²) in [5, 5.41) is 12.0. The topological polar surface area (TPSA) is 51.0 Å². The average Bonchev–Trinajstić information content (AvgIpc) is 3.49. The van der Waals surface area contributed by atoms with Crippen molar-refractivity contribution >= 4 is 51.9 Å². The largest absolute Gasteiger partial charge is 0.340 e. The van der Waals surface area contributed by atoms with Gasteiger partial charge in [-0.1, -0.05) is 48.7 Å². The maximum Gasteiger partial charge on any atom is 0.233 e. The van der Waals surface area contributed by atoms with Crippen LogP contribution in [0.15, 0.2) is 34.8 Å². The quantitative estimate of drug-likeness (QED) is 0.376. The summed E-state index contributed by atoms with van der Waals surface area (Å²) >= 11 is 10.8. The number of hydrogen-bond acceptors (Lipinski definition) is 6. The van der Waals surface area contributed by atoms with Crippen molar-refractivity contribution in [2.75, 3.05) is 12.8 Å². The Morgan fingerprint density at radius 1 is 1.23 bits per heavy atom. The van der Waals surface area contributed by atoms with Crippen LogP contribution in [0.4, 0.5) is 0 Å². The van der Waals surface area contributed by atoms with Crippen LogP contribution in [-0.4, -0.2) is 38.4 Å². The van der Waals surface area contributed by atoms with Gasteiger partial charge in [0, 0.05) is 29.3 Å². The number of thiophene rings is 2. The van der Waals surface area contributed by atoms with Gasteiger partial charge in [0.2, 0.25) is 5.91 Å². The van der Waals surface area contributed by atoms with Crippen LogP contribution in [0.1, 0.15) is 53.7 Å². The first-order valence-electron chi connectivity index (χ1n) is 10.2. The number of amides is 1. The lowest BCUT2D eigenvalue weighted by molar-refractivity contribution is -0.127. The SMILES string of the molecule is CN(Cc1ccc(Cl)s1)C(=O)CSc1nnc(Cc2cccs2)n1C1CCCCC1. The molecule has 0 N–H and O–H groups in total. The highest BCUT2D eigenvalue weighted by atomic mass is 35.5. The minimum Gasteiger partial charge on any atom is -0.340 e. The number of hydrogen-bond donors (Lipinski definition) is 0. The summed E-state index contributed by atoms with van der Waals surface area (Å²) in [6.45, 7) is 0.579. The molecular weight excluding hydrogens is 456 g/mol. The van der Waals surface area contributed by atoms with E-state index in [1.807, 2.05) is 19.2 Å². The molecular formula is C21H25ClN4OS3. The number of rotatable bonds is 8. The zero-order valence-electron chi connectivity index (χ0n) is 16.9. The van der Waals surface area contributed by atoms with E-state index in [0.717, 1.165) is 39.5 Å². The van der Waals surface area contributed by atoms with Gasteiger partial charge in [-0.3, -0.25) is 4.79 Å². The van der Waals surface area contributed by atoms with Crippen LogP contribution in [0, 0.1) is 0 Å². The molecule has 4 rings (SSSR count). The molecule has 5 nitrogen and oxygen atoms in total. The average molecular weight is 481 g/mol. The maximum atomic E-state index is 12.7. The molecule has 9 heteroatoms. The first kappa shape index (κ1) is 21.9. The third-order valence-corrected chi connectivity index (χ3v) is 8.38. The Bertz CT molecular complexity index is 963. The Morgan fingerprint density at radius 2 is 2.07 bits per heavy atom. The Kier molecular flexibility index (Phi) is 7.51. The van der Waals surface area contributed by atoms with Gasteiger partial charge >= 0.3 is 0 Å². The number of nitrogens with zero attached hydrogens (tertiary/aromatic N) is 4. The van der Waals surface area contributed by atoms with Gasteiger partial charge in [0.1, 0.15) is 5.82 Å². The monoisotopic (exact) mass is 480 g/mol. The second-order valence-electron chi connectivity index (χ2n) is 7.56. The Balaban J connectivity index is 1.44. The molecule has 0 bridgehead atoms. The lowest BCUT2D eigenvalue weighted by atomic mass is 9.95. The van der Waals surface area contributed by atoms with Gasteiger partial charge in [0.05, 0.1) is 16.6 Å². The molecule has 0 aliphatic heterocycles. The summed E-state index contributed by atoms with van der Waals surface area (Å²) in [5.41, 5.74) is 0. The van der Waals surface area contributed by atoms with Gasteiger partial charge in [-0.25, -0.2) is 0 Å². The molecule has 30 heavy (non-hydrogen) atoms. The Morgan fingerprint density at radius 3 is 2.77 bits per heavy atom. The van der Waals surface area contributed by atoms with Crippen LogP contribution in [0.25, 0.3) is 0 Å². The summed E-state index contributed by atoms with van der Waals surface area (Å²) in [4.78, 5) is 16.8. The minimum atomic E-state index is 0.0857. The Hall–Kier alpha value is -1.35. The van der Waals surface area contributed by atoms with Crippen LogP contribution in [-0.2, 0) is 17.8 Å². The molecule has 0 aromatic carbocycles. The molecule has 0 unspecified atom stereocenters.